The van der Waals surface area contributed by atoms with Crippen LogP contribution in [0.15, 0.2) is 46.0 Å². The van der Waals surface area contributed by atoms with Crippen molar-refractivity contribution in [3.8, 4) is 11.5 Å². The molecule has 11 heteroatoms. The molecule has 1 amide bonds. The zero-order valence-electron chi connectivity index (χ0n) is 20.1. The number of piperidine rings is 1. The minimum absolute atomic E-state index is 0.00377. The van der Waals surface area contributed by atoms with Crippen LogP contribution in [0.1, 0.15) is 24.8 Å². The Morgan fingerprint density at radius 1 is 1.14 bits per heavy atom. The first-order valence-corrected chi connectivity index (χ1v) is 12.5. The van der Waals surface area contributed by atoms with Crippen molar-refractivity contribution in [3.63, 3.8) is 0 Å². The van der Waals surface area contributed by atoms with E-state index in [0.29, 0.717) is 17.1 Å². The number of hydrogen-bond donors (Lipinski definition) is 1. The number of likely N-dealkylation sites (tertiary alicyclic amines) is 1. The summed E-state index contributed by atoms with van der Waals surface area (Å²) in [6.45, 7) is 1.58. The molecule has 5 rings (SSSR count). The van der Waals surface area contributed by atoms with Gasteiger partial charge in [-0.3, -0.25) is 4.79 Å². The van der Waals surface area contributed by atoms with Crippen molar-refractivity contribution in [2.75, 3.05) is 32.2 Å². The van der Waals surface area contributed by atoms with Crippen LogP contribution in [0.5, 0.6) is 11.5 Å². The third kappa shape index (κ3) is 4.97. The minimum Gasteiger partial charge on any atom is -0.493 e. The summed E-state index contributed by atoms with van der Waals surface area (Å²) < 4.78 is 14.1. The summed E-state index contributed by atoms with van der Waals surface area (Å²) >= 11 is 3.50. The number of hydrazone groups is 1. The number of benzene rings is 2. The molecule has 36 heavy (non-hydrogen) atoms. The monoisotopic (exact) mass is 551 g/mol. The summed E-state index contributed by atoms with van der Waals surface area (Å²) in [7, 11) is 3.50. The third-order valence-electron chi connectivity index (χ3n) is 6.19. The molecule has 3 heterocycles. The van der Waals surface area contributed by atoms with E-state index >= 15 is 0 Å². The maximum absolute atomic E-state index is 12.4. The maximum Gasteiger partial charge on any atom is 0.265 e. The van der Waals surface area contributed by atoms with Crippen LogP contribution in [0.4, 0.5) is 5.95 Å². The number of anilines is 1. The van der Waals surface area contributed by atoms with E-state index in [1.165, 1.54) is 6.42 Å². The van der Waals surface area contributed by atoms with Crippen molar-refractivity contribution in [1.29, 1.82) is 0 Å². The minimum atomic E-state index is -0.0106. The summed E-state index contributed by atoms with van der Waals surface area (Å²) in [5.74, 6) is 1.31. The molecule has 0 spiro atoms. The van der Waals surface area contributed by atoms with Gasteiger partial charge in [0.2, 0.25) is 0 Å². The van der Waals surface area contributed by atoms with Gasteiger partial charge >= 0.3 is 0 Å². The number of ether oxygens (including phenoxy) is 2. The summed E-state index contributed by atoms with van der Waals surface area (Å²) in [5.41, 5.74) is 6.06. The van der Waals surface area contributed by atoms with E-state index in [-0.39, 0.29) is 18.5 Å². The molecule has 2 aromatic heterocycles. The van der Waals surface area contributed by atoms with Crippen molar-refractivity contribution in [3.05, 3.63) is 46.4 Å². The molecule has 1 aliphatic heterocycles. The number of nitrogens with zero attached hydrogens (tertiary/aromatic N) is 6. The summed E-state index contributed by atoms with van der Waals surface area (Å²) in [5, 5.41) is 13.7. The fraction of sp³-hybridized carbons (Fsp3) is 0.320. The van der Waals surface area contributed by atoms with Crippen molar-refractivity contribution in [2.24, 2.45) is 12.1 Å². The standard InChI is InChI=1S/C25H26BrN7O3/c1-32-19-8-7-17(26)13-18(19)23-24(32)28-25(31-29-23)30-27-14-16-6-9-20(21(12-16)35-2)36-15-22(34)33-10-4-3-5-11-33/h6-9,12-14H,3-5,10-11,15H2,1-2H3,(H,28,30,31)/b27-14+. The average molecular weight is 552 g/mol. The van der Waals surface area contributed by atoms with Gasteiger partial charge in [0.25, 0.3) is 11.9 Å². The lowest BCUT2D eigenvalue weighted by molar-refractivity contribution is -0.134. The van der Waals surface area contributed by atoms with E-state index in [9.17, 15) is 4.79 Å². The average Bonchev–Trinajstić information content (AvgIpc) is 3.18. The normalized spacial score (nSPS) is 14.0. The van der Waals surface area contributed by atoms with Crippen molar-refractivity contribution in [2.45, 2.75) is 19.3 Å². The molecular formula is C25H26BrN7O3. The van der Waals surface area contributed by atoms with Crippen molar-refractivity contribution >= 4 is 56.1 Å². The molecule has 1 N–H and O–H groups in total. The predicted octanol–water partition coefficient (Wildman–Crippen LogP) is 4.12. The number of nitrogens with one attached hydrogen (secondary N) is 1. The van der Waals surface area contributed by atoms with Crippen LogP contribution in [0.25, 0.3) is 22.1 Å². The zero-order chi connectivity index (χ0) is 25.1. The van der Waals surface area contributed by atoms with Crippen LogP contribution >= 0.6 is 15.9 Å². The number of rotatable bonds is 7. The molecule has 0 saturated carbocycles. The number of aromatic nitrogens is 4. The number of hydrogen-bond acceptors (Lipinski definition) is 8. The molecule has 0 aliphatic carbocycles. The zero-order valence-corrected chi connectivity index (χ0v) is 21.7. The van der Waals surface area contributed by atoms with E-state index in [1.807, 2.05) is 40.8 Å². The molecular weight excluding hydrogens is 526 g/mol. The number of carbonyl (C=O) groups is 1. The van der Waals surface area contributed by atoms with Gasteiger partial charge in [0.1, 0.15) is 5.52 Å². The van der Waals surface area contributed by atoms with Crippen LogP contribution in [0, 0.1) is 0 Å². The molecule has 1 aliphatic rings. The number of methoxy groups -OCH3 is 1. The highest BCUT2D eigenvalue weighted by atomic mass is 79.9. The number of aryl methyl sites for hydroxylation is 1. The summed E-state index contributed by atoms with van der Waals surface area (Å²) in [4.78, 5) is 18.8. The van der Waals surface area contributed by atoms with Crippen LogP contribution in [0.2, 0.25) is 0 Å². The molecule has 0 unspecified atom stereocenters. The van der Waals surface area contributed by atoms with Crippen LogP contribution < -0.4 is 14.9 Å². The Morgan fingerprint density at radius 2 is 1.97 bits per heavy atom. The van der Waals surface area contributed by atoms with Gasteiger partial charge in [-0.25, -0.2) is 5.43 Å². The maximum atomic E-state index is 12.4. The highest BCUT2D eigenvalue weighted by Crippen LogP contribution is 2.29. The van der Waals surface area contributed by atoms with Gasteiger partial charge in [0.05, 0.1) is 18.8 Å². The van der Waals surface area contributed by atoms with E-state index in [1.54, 1.807) is 25.5 Å². The molecule has 1 fully saturated rings. The highest BCUT2D eigenvalue weighted by molar-refractivity contribution is 9.10. The molecule has 0 bridgehead atoms. The predicted molar refractivity (Wildman–Crippen MR) is 142 cm³/mol. The Labute approximate surface area is 216 Å². The van der Waals surface area contributed by atoms with Gasteiger partial charge in [-0.05, 0) is 61.2 Å². The van der Waals surface area contributed by atoms with E-state index in [4.69, 9.17) is 9.47 Å². The smallest absolute Gasteiger partial charge is 0.265 e. The van der Waals surface area contributed by atoms with Gasteiger partial charge in [0, 0.05) is 30.0 Å². The molecule has 0 atom stereocenters. The Hall–Kier alpha value is -3.73. The van der Waals surface area contributed by atoms with Gasteiger partial charge in [-0.1, -0.05) is 15.9 Å². The quantitative estimate of drug-likeness (QED) is 0.272. The van der Waals surface area contributed by atoms with Crippen LogP contribution in [-0.2, 0) is 11.8 Å². The molecule has 186 valence electrons. The molecule has 0 radical (unpaired) electrons. The van der Waals surface area contributed by atoms with Gasteiger partial charge in [0.15, 0.2) is 23.8 Å². The second-order valence-electron chi connectivity index (χ2n) is 8.54. The Kier molecular flexibility index (Phi) is 6.99. The van der Waals surface area contributed by atoms with Crippen molar-refractivity contribution in [1.82, 2.24) is 24.6 Å². The second-order valence-corrected chi connectivity index (χ2v) is 9.45. The summed E-state index contributed by atoms with van der Waals surface area (Å²) in [6, 6.07) is 11.4. The Bertz CT molecular complexity index is 1450. The summed E-state index contributed by atoms with van der Waals surface area (Å²) in [6.07, 6.45) is 4.89. The Morgan fingerprint density at radius 3 is 2.78 bits per heavy atom. The van der Waals surface area contributed by atoms with E-state index < -0.39 is 0 Å². The van der Waals surface area contributed by atoms with Crippen molar-refractivity contribution < 1.29 is 14.3 Å². The second kappa shape index (κ2) is 10.5. The first-order chi connectivity index (χ1) is 17.5. The highest BCUT2D eigenvalue weighted by Gasteiger charge is 2.18. The van der Waals surface area contributed by atoms with Gasteiger partial charge < -0.3 is 18.9 Å². The van der Waals surface area contributed by atoms with E-state index in [0.717, 1.165) is 52.4 Å². The van der Waals surface area contributed by atoms with E-state index in [2.05, 4.69) is 41.6 Å². The lowest BCUT2D eigenvalue weighted by atomic mass is 10.1. The number of halogens is 1. The number of fused-ring (bicyclic) bond motifs is 3. The first kappa shape index (κ1) is 24.0. The molecule has 4 aromatic rings. The topological polar surface area (TPSA) is 107 Å². The molecule has 10 nitrogen and oxygen atoms in total. The first-order valence-electron chi connectivity index (χ1n) is 11.7. The lowest BCUT2D eigenvalue weighted by Gasteiger charge is -2.26. The van der Waals surface area contributed by atoms with Gasteiger partial charge in [-0.15, -0.1) is 10.2 Å². The number of carbonyl (C=O) groups excluding carboxylic acids is 1. The fourth-order valence-electron chi connectivity index (χ4n) is 4.30. The van der Waals surface area contributed by atoms with Crippen LogP contribution in [0.3, 0.4) is 0 Å². The molecule has 2 aromatic carbocycles. The largest absolute Gasteiger partial charge is 0.493 e. The van der Waals surface area contributed by atoms with Gasteiger partial charge in [-0.2, -0.15) is 10.1 Å². The van der Waals surface area contributed by atoms with Crippen LogP contribution in [-0.4, -0.2) is 63.6 Å². The number of amides is 1. The Balaban J connectivity index is 1.26. The third-order valence-corrected chi connectivity index (χ3v) is 6.68. The molecule has 1 saturated heterocycles. The SMILES string of the molecule is COc1cc(/C=N/Nc2nnc3c4cc(Br)ccc4n(C)c3n2)ccc1OCC(=O)N1CCCCC1. The fourth-order valence-corrected chi connectivity index (χ4v) is 4.66. The lowest BCUT2D eigenvalue weighted by Crippen LogP contribution is -2.38.